The SMILES string of the molecule is C=CC[Si](C/C=C/C[Si](CC=C)(OCCC)OCCC)(OCCC)OCCC. The Hall–Kier alpha value is -0.506. The average Bonchev–Trinajstić information content (AvgIpc) is 2.71. The normalized spacial score (nSPS) is 12.6. The van der Waals surface area contributed by atoms with Gasteiger partial charge >= 0.3 is 17.1 Å². The summed E-state index contributed by atoms with van der Waals surface area (Å²) >= 11 is 0. The van der Waals surface area contributed by atoms with E-state index in [1.54, 1.807) is 0 Å². The summed E-state index contributed by atoms with van der Waals surface area (Å²) in [7, 11) is -4.59. The molecule has 0 aliphatic rings. The van der Waals surface area contributed by atoms with Crippen LogP contribution in [0.2, 0.25) is 24.2 Å². The highest BCUT2D eigenvalue weighted by molar-refractivity contribution is 6.69. The first-order valence-corrected chi connectivity index (χ1v) is 15.5. The van der Waals surface area contributed by atoms with E-state index in [9.17, 15) is 0 Å². The molecule has 0 atom stereocenters. The van der Waals surface area contributed by atoms with E-state index in [0.29, 0.717) is 0 Å². The van der Waals surface area contributed by atoms with Crippen molar-refractivity contribution < 1.29 is 17.7 Å². The Morgan fingerprint density at radius 2 is 0.821 bits per heavy atom. The lowest BCUT2D eigenvalue weighted by atomic mass is 10.5. The third kappa shape index (κ3) is 11.5. The molecule has 0 saturated carbocycles. The van der Waals surface area contributed by atoms with Crippen LogP contribution in [0.25, 0.3) is 0 Å². The Morgan fingerprint density at radius 3 is 1.04 bits per heavy atom. The van der Waals surface area contributed by atoms with E-state index in [4.69, 9.17) is 17.7 Å². The molecule has 28 heavy (non-hydrogen) atoms. The largest absolute Gasteiger partial charge is 0.394 e. The van der Waals surface area contributed by atoms with Crippen molar-refractivity contribution in [2.75, 3.05) is 26.4 Å². The molecule has 0 aliphatic carbocycles. The summed E-state index contributed by atoms with van der Waals surface area (Å²) in [6.07, 6.45) is 12.3. The van der Waals surface area contributed by atoms with Crippen LogP contribution < -0.4 is 0 Å². The second-order valence-corrected chi connectivity index (χ2v) is 13.5. The van der Waals surface area contributed by atoms with Crippen molar-refractivity contribution in [2.45, 2.75) is 77.6 Å². The van der Waals surface area contributed by atoms with Crippen molar-refractivity contribution in [1.82, 2.24) is 0 Å². The fourth-order valence-electron chi connectivity index (χ4n) is 2.84. The lowest BCUT2D eigenvalue weighted by Gasteiger charge is -2.30. The van der Waals surface area contributed by atoms with Gasteiger partial charge in [-0.25, -0.2) is 0 Å². The van der Waals surface area contributed by atoms with Crippen LogP contribution in [0, 0.1) is 0 Å². The molecule has 0 radical (unpaired) electrons. The molecule has 0 spiro atoms. The molecule has 6 heteroatoms. The zero-order valence-electron chi connectivity index (χ0n) is 18.8. The summed E-state index contributed by atoms with van der Waals surface area (Å²) in [6, 6.07) is 3.29. The van der Waals surface area contributed by atoms with Crippen LogP contribution in [0.1, 0.15) is 53.4 Å². The smallest absolute Gasteiger partial charge is 0.345 e. The highest BCUT2D eigenvalue weighted by Crippen LogP contribution is 2.24. The van der Waals surface area contributed by atoms with Crippen LogP contribution in [0.15, 0.2) is 37.5 Å². The van der Waals surface area contributed by atoms with Crippen LogP contribution in [0.4, 0.5) is 0 Å². The lowest BCUT2D eigenvalue weighted by Crippen LogP contribution is -2.42. The Balaban J connectivity index is 5.18. The zero-order chi connectivity index (χ0) is 21.1. The van der Waals surface area contributed by atoms with Gasteiger partial charge in [0.05, 0.1) is 0 Å². The summed E-state index contributed by atoms with van der Waals surface area (Å²) in [5.74, 6) is 0. The second kappa shape index (κ2) is 17.4. The van der Waals surface area contributed by atoms with Gasteiger partial charge < -0.3 is 17.7 Å². The molecule has 4 nitrogen and oxygen atoms in total. The Bertz CT molecular complexity index is 373. The summed E-state index contributed by atoms with van der Waals surface area (Å²) in [4.78, 5) is 0. The summed E-state index contributed by atoms with van der Waals surface area (Å²) < 4.78 is 25.0. The van der Waals surface area contributed by atoms with Crippen molar-refractivity contribution in [2.24, 2.45) is 0 Å². The number of rotatable bonds is 20. The summed E-state index contributed by atoms with van der Waals surface area (Å²) in [5.41, 5.74) is 0. The van der Waals surface area contributed by atoms with E-state index in [2.05, 4.69) is 53.0 Å². The first kappa shape index (κ1) is 27.5. The summed E-state index contributed by atoms with van der Waals surface area (Å²) in [5, 5.41) is 0. The minimum absolute atomic E-state index is 0.742. The van der Waals surface area contributed by atoms with Crippen molar-refractivity contribution in [1.29, 1.82) is 0 Å². The van der Waals surface area contributed by atoms with Gasteiger partial charge in [0.2, 0.25) is 0 Å². The van der Waals surface area contributed by atoms with Gasteiger partial charge in [0, 0.05) is 50.6 Å². The van der Waals surface area contributed by atoms with Crippen LogP contribution in [-0.2, 0) is 17.7 Å². The van der Waals surface area contributed by atoms with E-state index in [1.807, 2.05) is 12.2 Å². The Kier molecular flexibility index (Phi) is 17.0. The molecule has 0 bridgehead atoms. The lowest BCUT2D eigenvalue weighted by molar-refractivity contribution is 0.171. The molecule has 0 fully saturated rings. The highest BCUT2D eigenvalue weighted by Gasteiger charge is 2.37. The molecule has 0 unspecified atom stereocenters. The number of hydrogen-bond acceptors (Lipinski definition) is 4. The van der Waals surface area contributed by atoms with Gasteiger partial charge in [-0.2, -0.15) is 0 Å². The van der Waals surface area contributed by atoms with Gasteiger partial charge in [-0.3, -0.25) is 0 Å². The zero-order valence-corrected chi connectivity index (χ0v) is 20.8. The van der Waals surface area contributed by atoms with Gasteiger partial charge in [0.15, 0.2) is 0 Å². The van der Waals surface area contributed by atoms with Crippen LogP contribution in [0.5, 0.6) is 0 Å². The first-order valence-electron chi connectivity index (χ1n) is 11.0. The summed E-state index contributed by atoms with van der Waals surface area (Å²) in [6.45, 7) is 19.4. The Morgan fingerprint density at radius 1 is 0.536 bits per heavy atom. The van der Waals surface area contributed by atoms with E-state index in [-0.39, 0.29) is 0 Å². The molecule has 0 aliphatic heterocycles. The standard InChI is InChI=1S/C22H44O4Si2/c1-7-15-23-27(19-11-5,24-16-8-2)21-13-14-22-28(20-12-6,25-17-9-3)26-18-10-4/h11-14H,5-10,15-22H2,1-4H3/b14-13+. The monoisotopic (exact) mass is 428 g/mol. The molecule has 0 amide bonds. The molecule has 0 heterocycles. The molecule has 0 rings (SSSR count). The van der Waals surface area contributed by atoms with Gasteiger partial charge in [-0.15, -0.1) is 13.2 Å². The molecular weight excluding hydrogens is 384 g/mol. The predicted octanol–water partition coefficient (Wildman–Crippen LogP) is 6.51. The molecule has 0 aromatic rings. The minimum atomic E-state index is -2.29. The van der Waals surface area contributed by atoms with Crippen molar-refractivity contribution in [3.8, 4) is 0 Å². The maximum Gasteiger partial charge on any atom is 0.345 e. The average molecular weight is 429 g/mol. The van der Waals surface area contributed by atoms with Crippen molar-refractivity contribution in [3.63, 3.8) is 0 Å². The van der Waals surface area contributed by atoms with Crippen LogP contribution in [-0.4, -0.2) is 43.5 Å². The first-order chi connectivity index (χ1) is 13.6. The number of allylic oxidation sites excluding steroid dienone is 4. The van der Waals surface area contributed by atoms with Crippen LogP contribution in [0.3, 0.4) is 0 Å². The predicted molar refractivity (Wildman–Crippen MR) is 125 cm³/mol. The molecule has 164 valence electrons. The highest BCUT2D eigenvalue weighted by atomic mass is 28.4. The van der Waals surface area contributed by atoms with Gasteiger partial charge in [0.1, 0.15) is 0 Å². The third-order valence-corrected chi connectivity index (χ3v) is 10.7. The second-order valence-electron chi connectivity index (χ2n) is 7.08. The van der Waals surface area contributed by atoms with E-state index < -0.39 is 17.1 Å². The molecular formula is C22H44O4Si2. The van der Waals surface area contributed by atoms with Gasteiger partial charge in [-0.05, 0) is 25.7 Å². The third-order valence-electron chi connectivity index (χ3n) is 4.21. The number of hydrogen-bond donors (Lipinski definition) is 0. The maximum absolute atomic E-state index is 6.26. The topological polar surface area (TPSA) is 36.9 Å². The van der Waals surface area contributed by atoms with E-state index >= 15 is 0 Å². The molecule has 0 aromatic carbocycles. The van der Waals surface area contributed by atoms with E-state index in [0.717, 1.165) is 76.3 Å². The fraction of sp³-hybridized carbons (Fsp3) is 0.727. The molecule has 0 N–H and O–H groups in total. The molecule has 0 aromatic heterocycles. The van der Waals surface area contributed by atoms with Crippen molar-refractivity contribution in [3.05, 3.63) is 37.5 Å². The van der Waals surface area contributed by atoms with Crippen molar-refractivity contribution >= 4 is 17.1 Å². The van der Waals surface area contributed by atoms with E-state index in [1.165, 1.54) is 0 Å². The fourth-order valence-corrected chi connectivity index (χ4v) is 8.52. The Labute approximate surface area is 176 Å². The quantitative estimate of drug-likeness (QED) is 0.164. The van der Waals surface area contributed by atoms with Gasteiger partial charge in [-0.1, -0.05) is 52.0 Å². The van der Waals surface area contributed by atoms with Crippen LogP contribution >= 0.6 is 0 Å². The van der Waals surface area contributed by atoms with Gasteiger partial charge in [0.25, 0.3) is 0 Å². The maximum atomic E-state index is 6.26. The minimum Gasteiger partial charge on any atom is -0.394 e. The molecule has 0 saturated heterocycles.